The first-order valence-corrected chi connectivity index (χ1v) is 8.70. The number of fused-ring (bicyclic) bond motifs is 1. The molecule has 2 saturated heterocycles. The van der Waals surface area contributed by atoms with E-state index >= 15 is 0 Å². The van der Waals surface area contributed by atoms with Crippen molar-refractivity contribution in [3.63, 3.8) is 0 Å². The highest BCUT2D eigenvalue weighted by molar-refractivity contribution is 5.98. The van der Waals surface area contributed by atoms with Crippen LogP contribution in [0.15, 0.2) is 24.3 Å². The van der Waals surface area contributed by atoms with Crippen LogP contribution < -0.4 is 10.6 Å². The summed E-state index contributed by atoms with van der Waals surface area (Å²) in [6.45, 7) is 2.70. The van der Waals surface area contributed by atoms with Crippen LogP contribution in [0.3, 0.4) is 0 Å². The average molecular weight is 378 g/mol. The van der Waals surface area contributed by atoms with Gasteiger partial charge in [-0.2, -0.15) is 0 Å². The standard InChI is InChI=1S/C18H22N2O7/c1-3-19-18(23)27-13-9-26-14-12(8-25-15(13)14)20-16(21)10-5-4-6-11(7-10)17(22)24-2/h4-7,12-15H,3,8-9H2,1-2H3,(H,19,23)(H,20,21)/t12-,13-,14-,15+/m0/s1. The lowest BCUT2D eigenvalue weighted by atomic mass is 10.1. The van der Waals surface area contributed by atoms with E-state index in [4.69, 9.17) is 14.2 Å². The van der Waals surface area contributed by atoms with Crippen LogP contribution in [0.2, 0.25) is 0 Å². The molecule has 1 aromatic carbocycles. The molecule has 146 valence electrons. The van der Waals surface area contributed by atoms with Gasteiger partial charge in [-0.1, -0.05) is 6.07 Å². The van der Waals surface area contributed by atoms with Gasteiger partial charge in [-0.15, -0.1) is 0 Å². The normalized spacial score (nSPS) is 26.1. The Hall–Kier alpha value is -2.65. The van der Waals surface area contributed by atoms with E-state index in [1.807, 2.05) is 0 Å². The van der Waals surface area contributed by atoms with Crippen molar-refractivity contribution in [3.8, 4) is 0 Å². The van der Waals surface area contributed by atoms with E-state index in [0.717, 1.165) is 0 Å². The molecule has 2 aliphatic rings. The molecule has 0 unspecified atom stereocenters. The summed E-state index contributed by atoms with van der Waals surface area (Å²) in [5, 5.41) is 5.41. The molecule has 0 aromatic heterocycles. The van der Waals surface area contributed by atoms with Gasteiger partial charge in [-0.05, 0) is 25.1 Å². The van der Waals surface area contributed by atoms with Crippen molar-refractivity contribution in [3.05, 3.63) is 35.4 Å². The largest absolute Gasteiger partial charge is 0.465 e. The minimum atomic E-state index is -0.525. The number of hydrogen-bond acceptors (Lipinski definition) is 7. The first kappa shape index (κ1) is 19.1. The molecule has 2 fully saturated rings. The lowest BCUT2D eigenvalue weighted by Gasteiger charge is -2.18. The number of benzene rings is 1. The van der Waals surface area contributed by atoms with Crippen molar-refractivity contribution < 1.29 is 33.3 Å². The molecule has 4 atom stereocenters. The van der Waals surface area contributed by atoms with E-state index in [2.05, 4.69) is 15.4 Å². The van der Waals surface area contributed by atoms with Crippen LogP contribution in [0.25, 0.3) is 0 Å². The van der Waals surface area contributed by atoms with E-state index in [0.29, 0.717) is 17.7 Å². The zero-order valence-electron chi connectivity index (χ0n) is 15.1. The summed E-state index contributed by atoms with van der Waals surface area (Å²) < 4.78 is 21.3. The lowest BCUT2D eigenvalue weighted by molar-refractivity contribution is 0.00408. The molecule has 0 spiro atoms. The Morgan fingerprint density at radius 2 is 1.89 bits per heavy atom. The Bertz CT molecular complexity index is 723. The van der Waals surface area contributed by atoms with Crippen molar-refractivity contribution >= 4 is 18.0 Å². The Morgan fingerprint density at radius 1 is 1.15 bits per heavy atom. The molecule has 3 rings (SSSR count). The van der Waals surface area contributed by atoms with Crippen molar-refractivity contribution in [1.82, 2.24) is 10.6 Å². The molecule has 1 aromatic rings. The van der Waals surface area contributed by atoms with Crippen LogP contribution in [0.5, 0.6) is 0 Å². The predicted octanol–water partition coefficient (Wildman–Crippen LogP) is 0.484. The van der Waals surface area contributed by atoms with Gasteiger partial charge < -0.3 is 29.6 Å². The molecule has 2 aliphatic heterocycles. The molecule has 0 bridgehead atoms. The molecule has 0 saturated carbocycles. The lowest BCUT2D eigenvalue weighted by Crippen LogP contribution is -2.44. The van der Waals surface area contributed by atoms with E-state index in [-0.39, 0.29) is 25.2 Å². The summed E-state index contributed by atoms with van der Waals surface area (Å²) in [4.78, 5) is 35.7. The van der Waals surface area contributed by atoms with Gasteiger partial charge in [0.1, 0.15) is 12.2 Å². The Morgan fingerprint density at radius 3 is 2.63 bits per heavy atom. The Labute approximate surface area is 156 Å². The number of ether oxygens (including phenoxy) is 4. The van der Waals surface area contributed by atoms with Crippen LogP contribution in [0.1, 0.15) is 27.6 Å². The maximum absolute atomic E-state index is 12.5. The molecule has 2 amide bonds. The summed E-state index contributed by atoms with van der Waals surface area (Å²) >= 11 is 0. The molecular weight excluding hydrogens is 356 g/mol. The Balaban J connectivity index is 1.60. The number of esters is 1. The number of methoxy groups -OCH3 is 1. The van der Waals surface area contributed by atoms with Gasteiger partial charge in [-0.3, -0.25) is 4.79 Å². The highest BCUT2D eigenvalue weighted by Gasteiger charge is 2.50. The van der Waals surface area contributed by atoms with Gasteiger partial charge >= 0.3 is 12.1 Å². The zero-order valence-corrected chi connectivity index (χ0v) is 15.1. The molecule has 9 nitrogen and oxygen atoms in total. The summed E-state index contributed by atoms with van der Waals surface area (Å²) in [7, 11) is 1.28. The van der Waals surface area contributed by atoms with Crippen molar-refractivity contribution in [2.24, 2.45) is 0 Å². The zero-order chi connectivity index (χ0) is 19.4. The summed E-state index contributed by atoms with van der Waals surface area (Å²) in [5.41, 5.74) is 0.618. The molecule has 2 N–H and O–H groups in total. The van der Waals surface area contributed by atoms with E-state index in [9.17, 15) is 14.4 Å². The number of carbonyl (C=O) groups is 3. The third kappa shape index (κ3) is 4.20. The third-order valence-corrected chi connectivity index (χ3v) is 4.45. The highest BCUT2D eigenvalue weighted by Crippen LogP contribution is 2.29. The van der Waals surface area contributed by atoms with Gasteiger partial charge in [0, 0.05) is 12.1 Å². The quantitative estimate of drug-likeness (QED) is 0.717. The number of hydrogen-bond donors (Lipinski definition) is 2. The molecule has 0 radical (unpaired) electrons. The molecule has 0 aliphatic carbocycles. The van der Waals surface area contributed by atoms with Crippen LogP contribution in [0.4, 0.5) is 4.79 Å². The van der Waals surface area contributed by atoms with Crippen molar-refractivity contribution in [1.29, 1.82) is 0 Å². The number of nitrogens with one attached hydrogen (secondary N) is 2. The van der Waals surface area contributed by atoms with E-state index in [1.54, 1.807) is 25.1 Å². The second-order valence-electron chi connectivity index (χ2n) is 6.22. The second kappa shape index (κ2) is 8.36. The number of rotatable bonds is 5. The summed E-state index contributed by atoms with van der Waals surface area (Å²) in [6, 6.07) is 5.86. The van der Waals surface area contributed by atoms with Gasteiger partial charge in [0.15, 0.2) is 6.10 Å². The number of amides is 2. The van der Waals surface area contributed by atoms with Crippen LogP contribution >= 0.6 is 0 Å². The fourth-order valence-electron chi connectivity index (χ4n) is 3.17. The van der Waals surface area contributed by atoms with E-state index in [1.165, 1.54) is 13.2 Å². The molecule has 2 heterocycles. The third-order valence-electron chi connectivity index (χ3n) is 4.45. The fraction of sp³-hybridized carbons (Fsp3) is 0.500. The van der Waals surface area contributed by atoms with Crippen LogP contribution in [0, 0.1) is 0 Å². The SMILES string of the molecule is CCNC(=O)O[C@H]1CO[C@@H]2[C@@H]1OC[C@@H]2NC(=O)c1cccc(C(=O)OC)c1. The minimum Gasteiger partial charge on any atom is -0.465 e. The van der Waals surface area contributed by atoms with Gasteiger partial charge in [0.05, 0.1) is 31.9 Å². The molecule has 9 heteroatoms. The maximum Gasteiger partial charge on any atom is 0.407 e. The van der Waals surface area contributed by atoms with Gasteiger partial charge in [-0.25, -0.2) is 9.59 Å². The predicted molar refractivity (Wildman–Crippen MR) is 92.5 cm³/mol. The van der Waals surface area contributed by atoms with Gasteiger partial charge in [0.2, 0.25) is 0 Å². The smallest absolute Gasteiger partial charge is 0.407 e. The second-order valence-corrected chi connectivity index (χ2v) is 6.22. The minimum absolute atomic E-state index is 0.205. The number of carbonyl (C=O) groups excluding carboxylic acids is 3. The summed E-state index contributed by atoms with van der Waals surface area (Å²) in [5.74, 6) is -0.870. The first-order chi connectivity index (χ1) is 13.0. The number of alkyl carbamates (subject to hydrolysis) is 1. The topological polar surface area (TPSA) is 112 Å². The van der Waals surface area contributed by atoms with Crippen molar-refractivity contribution in [2.75, 3.05) is 26.9 Å². The van der Waals surface area contributed by atoms with Crippen LogP contribution in [-0.2, 0) is 18.9 Å². The molecule has 27 heavy (non-hydrogen) atoms. The highest BCUT2D eigenvalue weighted by atomic mass is 16.6. The van der Waals surface area contributed by atoms with Crippen LogP contribution in [-0.4, -0.2) is 69.2 Å². The van der Waals surface area contributed by atoms with Crippen molar-refractivity contribution in [2.45, 2.75) is 31.3 Å². The summed E-state index contributed by atoms with van der Waals surface area (Å²) in [6.07, 6.45) is -1.88. The molecular formula is C18H22N2O7. The van der Waals surface area contributed by atoms with Gasteiger partial charge in [0.25, 0.3) is 5.91 Å². The Kier molecular flexibility index (Phi) is 5.92. The maximum atomic E-state index is 12.5. The van der Waals surface area contributed by atoms with E-state index < -0.39 is 30.4 Å². The first-order valence-electron chi connectivity index (χ1n) is 8.70. The fourth-order valence-corrected chi connectivity index (χ4v) is 3.17. The monoisotopic (exact) mass is 378 g/mol. The average Bonchev–Trinajstić information content (AvgIpc) is 3.25.